The maximum Gasteiger partial charge on any atom is 0.349 e. The summed E-state index contributed by atoms with van der Waals surface area (Å²) in [5.41, 5.74) is 0.299. The van der Waals surface area contributed by atoms with Gasteiger partial charge in [-0.1, -0.05) is 0 Å². The van der Waals surface area contributed by atoms with Gasteiger partial charge in [-0.15, -0.1) is 0 Å². The predicted molar refractivity (Wildman–Crippen MR) is 96.4 cm³/mol. The second-order valence-electron chi connectivity index (χ2n) is 4.63. The highest BCUT2D eigenvalue weighted by atomic mass is 79.9. The highest BCUT2D eigenvalue weighted by molar-refractivity contribution is 9.11. The van der Waals surface area contributed by atoms with Crippen LogP contribution in [0.15, 0.2) is 43.2 Å². The van der Waals surface area contributed by atoms with Crippen molar-refractivity contribution in [3.63, 3.8) is 0 Å². The zero-order chi connectivity index (χ0) is 18.6. The van der Waals surface area contributed by atoms with Crippen molar-refractivity contribution < 1.29 is 18.9 Å². The lowest BCUT2D eigenvalue weighted by Crippen LogP contribution is -2.05. The molecule has 0 amide bonds. The van der Waals surface area contributed by atoms with E-state index in [2.05, 4.69) is 31.9 Å². The van der Waals surface area contributed by atoms with Crippen molar-refractivity contribution >= 4 is 49.6 Å². The molecule has 1 heterocycles. The van der Waals surface area contributed by atoms with E-state index in [1.165, 1.54) is 18.2 Å². The molecule has 0 unspecified atom stereocenters. The normalized spacial score (nSPS) is 11.0. The van der Waals surface area contributed by atoms with Crippen LogP contribution in [0.2, 0.25) is 0 Å². The third-order valence-corrected chi connectivity index (χ3v) is 4.26. The smallest absolute Gasteiger partial charge is 0.349 e. The van der Waals surface area contributed by atoms with Crippen molar-refractivity contribution in [2.45, 2.75) is 6.92 Å². The van der Waals surface area contributed by atoms with E-state index in [1.54, 1.807) is 25.1 Å². The fourth-order valence-corrected chi connectivity index (χ4v) is 3.51. The highest BCUT2D eigenvalue weighted by Gasteiger charge is 2.18. The summed E-state index contributed by atoms with van der Waals surface area (Å²) in [6.07, 6.45) is 1.27. The molecule has 2 aromatic rings. The van der Waals surface area contributed by atoms with Crippen LogP contribution in [0.5, 0.6) is 0 Å². The Morgan fingerprint density at radius 1 is 1.40 bits per heavy atom. The maximum absolute atomic E-state index is 11.6. The Labute approximate surface area is 159 Å². The van der Waals surface area contributed by atoms with Gasteiger partial charge in [0.15, 0.2) is 0 Å². The zero-order valence-corrected chi connectivity index (χ0v) is 16.0. The van der Waals surface area contributed by atoms with Gasteiger partial charge < -0.3 is 9.15 Å². The molecule has 0 fully saturated rings. The molecular formula is C16H10Br2N2O5. The van der Waals surface area contributed by atoms with E-state index in [4.69, 9.17) is 14.4 Å². The number of halogens is 2. The number of hydrogen-bond donors (Lipinski definition) is 0. The number of non-ortho nitro benzene ring substituents is 1. The minimum Gasteiger partial charge on any atom is -0.462 e. The van der Waals surface area contributed by atoms with Crippen molar-refractivity contribution in [1.29, 1.82) is 5.26 Å². The van der Waals surface area contributed by atoms with Crippen molar-refractivity contribution in [1.82, 2.24) is 0 Å². The van der Waals surface area contributed by atoms with Gasteiger partial charge in [0.2, 0.25) is 0 Å². The molecule has 0 bridgehead atoms. The summed E-state index contributed by atoms with van der Waals surface area (Å²) in [6, 6.07) is 7.68. The van der Waals surface area contributed by atoms with Gasteiger partial charge in [0.1, 0.15) is 23.2 Å². The summed E-state index contributed by atoms with van der Waals surface area (Å²) in [6.45, 7) is 1.80. The van der Waals surface area contributed by atoms with Crippen LogP contribution in [0, 0.1) is 21.4 Å². The molecule has 128 valence electrons. The fourth-order valence-electron chi connectivity index (χ4n) is 1.95. The molecule has 9 heteroatoms. The number of esters is 1. The molecule has 0 saturated carbocycles. The van der Waals surface area contributed by atoms with Gasteiger partial charge >= 0.3 is 5.97 Å². The number of nitriles is 1. The molecule has 0 aliphatic heterocycles. The van der Waals surface area contributed by atoms with Gasteiger partial charge in [-0.25, -0.2) is 4.79 Å². The lowest BCUT2D eigenvalue weighted by atomic mass is 10.1. The third-order valence-electron chi connectivity index (χ3n) is 3.01. The molecule has 0 spiro atoms. The van der Waals surface area contributed by atoms with E-state index < -0.39 is 10.9 Å². The molecule has 1 aromatic heterocycles. The average molecular weight is 470 g/mol. The largest absolute Gasteiger partial charge is 0.462 e. The molecule has 0 aliphatic rings. The molecule has 1 aromatic carbocycles. The first-order valence-electron chi connectivity index (χ1n) is 6.90. The van der Waals surface area contributed by atoms with Gasteiger partial charge in [0.05, 0.1) is 11.5 Å². The van der Waals surface area contributed by atoms with Crippen molar-refractivity contribution in [3.8, 4) is 17.4 Å². The number of furan rings is 1. The number of hydrogen-bond acceptors (Lipinski definition) is 6. The molecule has 7 nitrogen and oxygen atoms in total. The Hall–Kier alpha value is -2.44. The summed E-state index contributed by atoms with van der Waals surface area (Å²) < 4.78 is 11.3. The summed E-state index contributed by atoms with van der Waals surface area (Å²) in [5.74, 6) is -0.0570. The first-order chi connectivity index (χ1) is 11.9. The molecule has 0 atom stereocenters. The minimum absolute atomic E-state index is 0.0803. The van der Waals surface area contributed by atoms with Gasteiger partial charge in [-0.2, -0.15) is 5.26 Å². The number of nitrogens with zero attached hydrogens (tertiary/aromatic N) is 2. The number of nitro benzene ring substituents is 1. The topological polar surface area (TPSA) is 106 Å². The Bertz CT molecular complexity index is 888. The lowest BCUT2D eigenvalue weighted by molar-refractivity contribution is -0.385. The van der Waals surface area contributed by atoms with Crippen LogP contribution in [0.4, 0.5) is 5.69 Å². The molecule has 0 N–H and O–H groups in total. The lowest BCUT2D eigenvalue weighted by Gasteiger charge is -2.04. The van der Waals surface area contributed by atoms with Crippen LogP contribution in [-0.4, -0.2) is 17.5 Å². The second-order valence-corrected chi connectivity index (χ2v) is 6.34. The molecule has 2 rings (SSSR count). The number of rotatable bonds is 5. The van der Waals surface area contributed by atoms with Crippen molar-refractivity contribution in [2.75, 3.05) is 6.61 Å². The number of benzene rings is 1. The molecule has 0 saturated heterocycles. The summed E-state index contributed by atoms with van der Waals surface area (Å²) >= 11 is 6.57. The first kappa shape index (κ1) is 18.9. The molecular weight excluding hydrogens is 460 g/mol. The average Bonchev–Trinajstić information content (AvgIpc) is 3.00. The van der Waals surface area contributed by atoms with Crippen LogP contribution >= 0.6 is 31.9 Å². The quantitative estimate of drug-likeness (QED) is 0.203. The van der Waals surface area contributed by atoms with Gasteiger partial charge in [-0.05, 0) is 50.9 Å². The number of carbonyl (C=O) groups is 1. The van der Waals surface area contributed by atoms with E-state index in [1.807, 2.05) is 0 Å². The van der Waals surface area contributed by atoms with Crippen LogP contribution in [0.3, 0.4) is 0 Å². The summed E-state index contributed by atoms with van der Waals surface area (Å²) in [7, 11) is 0. The molecule has 0 aliphatic carbocycles. The Balaban J connectivity index is 2.41. The molecule has 0 radical (unpaired) electrons. The maximum atomic E-state index is 11.6. The second kappa shape index (κ2) is 8.09. The number of nitro groups is 1. The Morgan fingerprint density at radius 3 is 2.56 bits per heavy atom. The van der Waals surface area contributed by atoms with E-state index in [0.29, 0.717) is 20.3 Å². The number of ether oxygens (including phenoxy) is 1. The Kier molecular flexibility index (Phi) is 6.12. The summed E-state index contributed by atoms with van der Waals surface area (Å²) in [5, 5.41) is 19.9. The van der Waals surface area contributed by atoms with E-state index >= 15 is 0 Å². The van der Waals surface area contributed by atoms with Crippen molar-refractivity contribution in [3.05, 3.63) is 54.7 Å². The predicted octanol–water partition coefficient (Wildman–Crippen LogP) is 4.85. The van der Waals surface area contributed by atoms with Crippen LogP contribution in [-0.2, 0) is 9.53 Å². The summed E-state index contributed by atoms with van der Waals surface area (Å²) in [4.78, 5) is 22.0. The molecule has 25 heavy (non-hydrogen) atoms. The van der Waals surface area contributed by atoms with Gasteiger partial charge in [-0.3, -0.25) is 10.1 Å². The number of carbonyl (C=O) groups excluding carboxylic acids is 1. The Morgan fingerprint density at radius 2 is 2.04 bits per heavy atom. The van der Waals surface area contributed by atoms with E-state index in [0.717, 1.165) is 0 Å². The SMILES string of the molecule is CCOC(=O)/C(C#N)=C/c1ccc(-c2c(Br)cc([N+](=O)[O-])cc2Br)o1. The van der Waals surface area contributed by atoms with Crippen LogP contribution < -0.4 is 0 Å². The zero-order valence-electron chi connectivity index (χ0n) is 12.8. The monoisotopic (exact) mass is 468 g/mol. The standard InChI is InChI=1S/C16H10Br2N2O5/c1-2-24-16(21)9(8-19)5-11-3-4-14(25-11)15-12(17)6-10(20(22)23)7-13(15)18/h3-7H,2H2,1H3/b9-5+. The van der Waals surface area contributed by atoms with E-state index in [-0.39, 0.29) is 23.6 Å². The first-order valence-corrected chi connectivity index (χ1v) is 8.48. The fraction of sp³-hybridized carbons (Fsp3) is 0.125. The van der Waals surface area contributed by atoms with Crippen LogP contribution in [0.25, 0.3) is 17.4 Å². The third kappa shape index (κ3) is 4.35. The van der Waals surface area contributed by atoms with Gasteiger partial charge in [0, 0.05) is 32.7 Å². The van der Waals surface area contributed by atoms with Crippen molar-refractivity contribution in [2.24, 2.45) is 0 Å². The minimum atomic E-state index is -0.736. The van der Waals surface area contributed by atoms with Gasteiger partial charge in [0.25, 0.3) is 5.69 Å². The van der Waals surface area contributed by atoms with Crippen LogP contribution in [0.1, 0.15) is 12.7 Å². The highest BCUT2D eigenvalue weighted by Crippen LogP contribution is 2.39. The van der Waals surface area contributed by atoms with E-state index in [9.17, 15) is 14.9 Å².